The maximum atomic E-state index is 11.4. The third-order valence-electron chi connectivity index (χ3n) is 3.69. The van der Waals surface area contributed by atoms with Crippen molar-refractivity contribution in [2.24, 2.45) is 7.05 Å². The Kier molecular flexibility index (Phi) is 3.78. The summed E-state index contributed by atoms with van der Waals surface area (Å²) in [7, 11) is 3.02. The van der Waals surface area contributed by atoms with Crippen LogP contribution in [0.1, 0.15) is 11.1 Å². The summed E-state index contributed by atoms with van der Waals surface area (Å²) >= 11 is 0. The van der Waals surface area contributed by atoms with E-state index in [0.717, 1.165) is 22.0 Å². The zero-order valence-electron chi connectivity index (χ0n) is 13.6. The summed E-state index contributed by atoms with van der Waals surface area (Å²) in [6.45, 7) is 4.14. The van der Waals surface area contributed by atoms with Crippen LogP contribution in [0.25, 0.3) is 22.0 Å². The lowest BCUT2D eigenvalue weighted by Crippen LogP contribution is -2.10. The number of fused-ring (bicyclic) bond motifs is 1. The zero-order valence-corrected chi connectivity index (χ0v) is 13.6. The first-order valence-corrected chi connectivity index (χ1v) is 7.30. The Hall–Kier alpha value is -2.82. The largest absolute Gasteiger partial charge is 0.514 e. The maximum Gasteiger partial charge on any atom is 0.514 e. The van der Waals surface area contributed by atoms with Gasteiger partial charge in [0.05, 0.1) is 12.5 Å². The van der Waals surface area contributed by atoms with E-state index in [1.54, 1.807) is 11.7 Å². The molecule has 0 aliphatic carbocycles. The van der Waals surface area contributed by atoms with Crippen LogP contribution in [0.2, 0.25) is 0 Å². The van der Waals surface area contributed by atoms with Gasteiger partial charge in [-0.25, -0.2) is 9.48 Å². The van der Waals surface area contributed by atoms with Crippen LogP contribution in [0.5, 0.6) is 5.88 Å². The fraction of sp³-hybridized carbons (Fsp3) is 0.222. The number of aromatic nitrogens is 2. The molecule has 0 saturated heterocycles. The number of methoxy groups -OCH3 is 1. The van der Waals surface area contributed by atoms with Crippen molar-refractivity contribution < 1.29 is 14.3 Å². The molecular weight excluding hydrogens is 292 g/mol. The van der Waals surface area contributed by atoms with Crippen LogP contribution in [0.4, 0.5) is 4.79 Å². The molecular formula is C18H18N2O3. The van der Waals surface area contributed by atoms with Gasteiger partial charge in [-0.15, -0.1) is 0 Å². The Bertz CT molecular complexity index is 876. The Morgan fingerprint density at radius 2 is 1.83 bits per heavy atom. The highest BCUT2D eigenvalue weighted by molar-refractivity contribution is 5.97. The van der Waals surface area contributed by atoms with Crippen molar-refractivity contribution in [3.63, 3.8) is 0 Å². The summed E-state index contributed by atoms with van der Waals surface area (Å²) in [4.78, 5) is 11.4. The van der Waals surface area contributed by atoms with Crippen molar-refractivity contribution in [2.75, 3.05) is 7.11 Å². The van der Waals surface area contributed by atoms with Crippen molar-refractivity contribution in [3.05, 3.63) is 47.5 Å². The van der Waals surface area contributed by atoms with Crippen LogP contribution in [-0.2, 0) is 11.8 Å². The van der Waals surface area contributed by atoms with Crippen LogP contribution in [0.15, 0.2) is 36.4 Å². The average molecular weight is 310 g/mol. The number of hydrogen-bond donors (Lipinski definition) is 0. The molecule has 3 rings (SSSR count). The lowest BCUT2D eigenvalue weighted by atomic mass is 9.99. The maximum absolute atomic E-state index is 11.4. The molecule has 0 fully saturated rings. The minimum atomic E-state index is -0.758. The van der Waals surface area contributed by atoms with Crippen LogP contribution < -0.4 is 4.74 Å². The Morgan fingerprint density at radius 3 is 2.48 bits per heavy atom. The standard InChI is InChI=1S/C18H18N2O3/c1-11-8-12(2)10-13(9-11)14-6-5-7-15-16(14)19-20(3)17(15)23-18(21)22-4/h5-10H,1-4H3. The minimum absolute atomic E-state index is 0.373. The van der Waals surface area contributed by atoms with Crippen LogP contribution in [0, 0.1) is 13.8 Å². The van der Waals surface area contributed by atoms with E-state index in [2.05, 4.69) is 41.9 Å². The van der Waals surface area contributed by atoms with E-state index >= 15 is 0 Å². The lowest BCUT2D eigenvalue weighted by molar-refractivity contribution is 0.118. The molecule has 0 N–H and O–H groups in total. The van der Waals surface area contributed by atoms with Gasteiger partial charge < -0.3 is 9.47 Å². The van der Waals surface area contributed by atoms with Crippen LogP contribution in [0.3, 0.4) is 0 Å². The third kappa shape index (κ3) is 2.77. The fourth-order valence-electron chi connectivity index (χ4n) is 2.80. The first kappa shape index (κ1) is 15.1. The molecule has 3 aromatic rings. The fourth-order valence-corrected chi connectivity index (χ4v) is 2.80. The second kappa shape index (κ2) is 5.76. The molecule has 1 aromatic heterocycles. The summed E-state index contributed by atoms with van der Waals surface area (Å²) in [5.41, 5.74) is 5.28. The first-order valence-electron chi connectivity index (χ1n) is 7.30. The van der Waals surface area contributed by atoms with Gasteiger partial charge in [-0.05, 0) is 25.5 Å². The molecule has 0 unspecified atom stereocenters. The number of carbonyl (C=O) groups is 1. The summed E-state index contributed by atoms with van der Waals surface area (Å²) < 4.78 is 11.3. The molecule has 0 bridgehead atoms. The number of benzene rings is 2. The monoisotopic (exact) mass is 310 g/mol. The van der Waals surface area contributed by atoms with Gasteiger partial charge in [-0.1, -0.05) is 41.5 Å². The number of nitrogens with zero attached hydrogens (tertiary/aromatic N) is 2. The van der Waals surface area contributed by atoms with E-state index in [4.69, 9.17) is 4.74 Å². The molecule has 0 atom stereocenters. The number of hydrogen-bond acceptors (Lipinski definition) is 4. The summed E-state index contributed by atoms with van der Waals surface area (Å²) in [6, 6.07) is 12.2. The van der Waals surface area contributed by atoms with Gasteiger partial charge in [0.2, 0.25) is 5.88 Å². The van der Waals surface area contributed by atoms with E-state index < -0.39 is 6.16 Å². The molecule has 5 nitrogen and oxygen atoms in total. The molecule has 0 radical (unpaired) electrons. The van der Waals surface area contributed by atoms with Crippen molar-refractivity contribution in [2.45, 2.75) is 13.8 Å². The van der Waals surface area contributed by atoms with Crippen molar-refractivity contribution in [1.29, 1.82) is 0 Å². The van der Waals surface area contributed by atoms with Crippen LogP contribution in [-0.4, -0.2) is 23.0 Å². The van der Waals surface area contributed by atoms with E-state index in [-0.39, 0.29) is 0 Å². The number of aryl methyl sites for hydroxylation is 3. The van der Waals surface area contributed by atoms with Gasteiger partial charge >= 0.3 is 6.16 Å². The molecule has 0 saturated carbocycles. The normalized spacial score (nSPS) is 10.8. The first-order chi connectivity index (χ1) is 11.0. The van der Waals surface area contributed by atoms with E-state index in [1.807, 2.05) is 18.2 Å². The van der Waals surface area contributed by atoms with Gasteiger partial charge in [0, 0.05) is 12.6 Å². The molecule has 0 aliphatic heterocycles. The average Bonchev–Trinajstić information content (AvgIpc) is 2.82. The minimum Gasteiger partial charge on any atom is -0.437 e. The van der Waals surface area contributed by atoms with Gasteiger partial charge in [0.15, 0.2) is 0 Å². The number of carbonyl (C=O) groups excluding carboxylic acids is 1. The summed E-state index contributed by atoms with van der Waals surface area (Å²) in [5.74, 6) is 0.373. The second-order valence-corrected chi connectivity index (χ2v) is 5.56. The van der Waals surface area contributed by atoms with E-state index in [0.29, 0.717) is 5.88 Å². The smallest absolute Gasteiger partial charge is 0.437 e. The lowest BCUT2D eigenvalue weighted by Gasteiger charge is -2.06. The third-order valence-corrected chi connectivity index (χ3v) is 3.69. The number of rotatable bonds is 2. The van der Waals surface area contributed by atoms with Crippen molar-refractivity contribution in [3.8, 4) is 17.0 Å². The Labute approximate surface area is 134 Å². The molecule has 1 heterocycles. The second-order valence-electron chi connectivity index (χ2n) is 5.56. The molecule has 23 heavy (non-hydrogen) atoms. The Morgan fingerprint density at radius 1 is 1.13 bits per heavy atom. The highest BCUT2D eigenvalue weighted by Crippen LogP contribution is 2.33. The number of ether oxygens (including phenoxy) is 2. The van der Waals surface area contributed by atoms with E-state index in [9.17, 15) is 4.79 Å². The zero-order chi connectivity index (χ0) is 16.6. The van der Waals surface area contributed by atoms with Gasteiger partial charge in [-0.2, -0.15) is 5.10 Å². The predicted octanol–water partition coefficient (Wildman–Crippen LogP) is 4.00. The SMILES string of the molecule is COC(=O)Oc1c2cccc(-c3cc(C)cc(C)c3)c2nn1C. The molecule has 118 valence electrons. The van der Waals surface area contributed by atoms with Gasteiger partial charge in [0.25, 0.3) is 0 Å². The van der Waals surface area contributed by atoms with E-state index in [1.165, 1.54) is 18.2 Å². The van der Waals surface area contributed by atoms with Gasteiger partial charge in [0.1, 0.15) is 5.52 Å². The topological polar surface area (TPSA) is 53.4 Å². The molecule has 0 spiro atoms. The highest BCUT2D eigenvalue weighted by atomic mass is 16.7. The highest BCUT2D eigenvalue weighted by Gasteiger charge is 2.17. The summed E-state index contributed by atoms with van der Waals surface area (Å²) in [5, 5.41) is 5.29. The van der Waals surface area contributed by atoms with Crippen LogP contribution >= 0.6 is 0 Å². The predicted molar refractivity (Wildman–Crippen MR) is 88.7 cm³/mol. The van der Waals surface area contributed by atoms with Crippen molar-refractivity contribution >= 4 is 17.1 Å². The summed E-state index contributed by atoms with van der Waals surface area (Å²) in [6.07, 6.45) is -0.758. The molecule has 0 aliphatic rings. The van der Waals surface area contributed by atoms with Crippen molar-refractivity contribution in [1.82, 2.24) is 9.78 Å². The molecule has 5 heteroatoms. The quantitative estimate of drug-likeness (QED) is 0.671. The van der Waals surface area contributed by atoms with Gasteiger partial charge in [-0.3, -0.25) is 0 Å². The molecule has 0 amide bonds. The molecule has 2 aromatic carbocycles. The Balaban J connectivity index is 2.20.